The quantitative estimate of drug-likeness (QED) is 0.464. The number of hydrogen-bond donors (Lipinski definition) is 0. The molecule has 104 valence electrons. The first-order valence-electron chi connectivity index (χ1n) is 5.74. The minimum atomic E-state index is -1.67. The fourth-order valence-corrected chi connectivity index (χ4v) is 2.37. The van der Waals surface area contributed by atoms with E-state index in [2.05, 4.69) is 15.0 Å². The van der Waals surface area contributed by atoms with Crippen molar-refractivity contribution < 1.29 is 8.78 Å². The second-order valence-electron chi connectivity index (χ2n) is 3.69. The van der Waals surface area contributed by atoms with Crippen molar-refractivity contribution in [2.45, 2.75) is 11.6 Å². The van der Waals surface area contributed by atoms with Gasteiger partial charge in [-0.15, -0.1) is 0 Å². The zero-order valence-corrected chi connectivity index (χ0v) is 11.8. The Labute approximate surface area is 124 Å². The standard InChI is InChI=1S/C13H10ClF2N3S/c14-9-3-1-6-17-12(9)10-5-7-18-13(19-10)20-8-2-4-11(15)16/h1,3-7H,2,8H2. The van der Waals surface area contributed by atoms with Crippen molar-refractivity contribution in [1.82, 2.24) is 15.0 Å². The molecule has 0 unspecified atom stereocenters. The first-order valence-corrected chi connectivity index (χ1v) is 7.11. The Morgan fingerprint density at radius 1 is 1.25 bits per heavy atom. The number of halogens is 3. The Kier molecular flexibility index (Phi) is 5.43. The Morgan fingerprint density at radius 2 is 2.10 bits per heavy atom. The van der Waals surface area contributed by atoms with Crippen molar-refractivity contribution >= 4 is 23.4 Å². The molecule has 0 spiro atoms. The third-order valence-corrected chi connectivity index (χ3v) is 3.48. The summed E-state index contributed by atoms with van der Waals surface area (Å²) in [4.78, 5) is 12.6. The monoisotopic (exact) mass is 313 g/mol. The number of pyridine rings is 1. The van der Waals surface area contributed by atoms with Crippen molar-refractivity contribution in [3.05, 3.63) is 47.8 Å². The summed E-state index contributed by atoms with van der Waals surface area (Å²) in [6, 6.07) is 5.17. The fourth-order valence-electron chi connectivity index (χ4n) is 1.43. The molecule has 0 amide bonds. The minimum Gasteiger partial charge on any atom is -0.253 e. The fraction of sp³-hybridized carbons (Fsp3) is 0.154. The maximum atomic E-state index is 11.9. The van der Waals surface area contributed by atoms with Gasteiger partial charge in [0.15, 0.2) is 5.16 Å². The number of allylic oxidation sites excluding steroid dienone is 1. The van der Waals surface area contributed by atoms with Crippen LogP contribution in [0.1, 0.15) is 6.42 Å². The highest BCUT2D eigenvalue weighted by atomic mass is 35.5. The molecule has 0 N–H and O–H groups in total. The number of aromatic nitrogens is 3. The molecule has 0 radical (unpaired) electrons. The summed E-state index contributed by atoms with van der Waals surface area (Å²) >= 11 is 7.36. The molecule has 3 nitrogen and oxygen atoms in total. The van der Waals surface area contributed by atoms with E-state index in [0.717, 1.165) is 6.08 Å². The van der Waals surface area contributed by atoms with Crippen LogP contribution in [0.4, 0.5) is 8.78 Å². The molecule has 2 rings (SSSR count). The molecule has 2 aromatic rings. The molecule has 0 saturated carbocycles. The van der Waals surface area contributed by atoms with E-state index in [9.17, 15) is 8.78 Å². The van der Waals surface area contributed by atoms with Gasteiger partial charge in [0.05, 0.1) is 10.7 Å². The van der Waals surface area contributed by atoms with Gasteiger partial charge in [-0.1, -0.05) is 23.4 Å². The van der Waals surface area contributed by atoms with Gasteiger partial charge in [-0.05, 0) is 30.7 Å². The zero-order chi connectivity index (χ0) is 14.4. The highest BCUT2D eigenvalue weighted by Gasteiger charge is 2.07. The van der Waals surface area contributed by atoms with E-state index >= 15 is 0 Å². The Morgan fingerprint density at radius 3 is 2.85 bits per heavy atom. The van der Waals surface area contributed by atoms with Crippen LogP contribution in [0.25, 0.3) is 11.4 Å². The van der Waals surface area contributed by atoms with Crippen molar-refractivity contribution in [1.29, 1.82) is 0 Å². The molecular weight excluding hydrogens is 304 g/mol. The van der Waals surface area contributed by atoms with Gasteiger partial charge in [0.2, 0.25) is 0 Å². The summed E-state index contributed by atoms with van der Waals surface area (Å²) in [5.74, 6) is 0.483. The van der Waals surface area contributed by atoms with Crippen LogP contribution in [-0.2, 0) is 0 Å². The third kappa shape index (κ3) is 4.25. The normalized spacial score (nSPS) is 10.3. The highest BCUT2D eigenvalue weighted by molar-refractivity contribution is 7.99. The molecule has 0 aliphatic carbocycles. The van der Waals surface area contributed by atoms with E-state index in [1.165, 1.54) is 11.8 Å². The van der Waals surface area contributed by atoms with Crippen LogP contribution in [-0.4, -0.2) is 20.7 Å². The smallest absolute Gasteiger partial charge is 0.253 e. The summed E-state index contributed by atoms with van der Waals surface area (Å²) in [5, 5.41) is 1.02. The average Bonchev–Trinajstić information content (AvgIpc) is 2.44. The molecule has 7 heteroatoms. The SMILES string of the molecule is FC(F)=CCCSc1nccc(-c2ncccc2Cl)n1. The maximum absolute atomic E-state index is 11.9. The van der Waals surface area contributed by atoms with Gasteiger partial charge in [-0.2, -0.15) is 8.78 Å². The molecule has 0 aliphatic rings. The molecular formula is C13H10ClF2N3S. The first-order chi connectivity index (χ1) is 9.66. The van der Waals surface area contributed by atoms with Crippen LogP contribution in [0.5, 0.6) is 0 Å². The van der Waals surface area contributed by atoms with Crippen LogP contribution < -0.4 is 0 Å². The largest absolute Gasteiger partial charge is 0.266 e. The molecule has 20 heavy (non-hydrogen) atoms. The van der Waals surface area contributed by atoms with E-state index in [0.29, 0.717) is 27.3 Å². The van der Waals surface area contributed by atoms with E-state index < -0.39 is 6.08 Å². The minimum absolute atomic E-state index is 0.269. The summed E-state index contributed by atoms with van der Waals surface area (Å²) in [6.07, 6.45) is 2.71. The van der Waals surface area contributed by atoms with Crippen LogP contribution in [0.2, 0.25) is 5.02 Å². The zero-order valence-electron chi connectivity index (χ0n) is 10.3. The van der Waals surface area contributed by atoms with E-state index in [1.807, 2.05) is 0 Å². The van der Waals surface area contributed by atoms with Crippen molar-refractivity contribution in [3.8, 4) is 11.4 Å². The van der Waals surface area contributed by atoms with Crippen LogP contribution in [0.15, 0.2) is 47.9 Å². The topological polar surface area (TPSA) is 38.7 Å². The van der Waals surface area contributed by atoms with Gasteiger partial charge in [-0.3, -0.25) is 4.98 Å². The summed E-state index contributed by atoms with van der Waals surface area (Å²) in [7, 11) is 0. The number of rotatable bonds is 5. The first kappa shape index (κ1) is 14.9. The lowest BCUT2D eigenvalue weighted by Crippen LogP contribution is -1.93. The molecule has 2 heterocycles. The lowest BCUT2D eigenvalue weighted by atomic mass is 10.2. The van der Waals surface area contributed by atoms with E-state index in [4.69, 9.17) is 11.6 Å². The Hall–Kier alpha value is -1.53. The van der Waals surface area contributed by atoms with Crippen molar-refractivity contribution in [2.24, 2.45) is 0 Å². The van der Waals surface area contributed by atoms with Gasteiger partial charge in [-0.25, -0.2) is 9.97 Å². The van der Waals surface area contributed by atoms with Crippen molar-refractivity contribution in [3.63, 3.8) is 0 Å². The van der Waals surface area contributed by atoms with Gasteiger partial charge in [0.25, 0.3) is 6.08 Å². The van der Waals surface area contributed by atoms with Crippen LogP contribution in [0.3, 0.4) is 0 Å². The molecule has 0 fully saturated rings. The lowest BCUT2D eigenvalue weighted by molar-refractivity contribution is 0.418. The van der Waals surface area contributed by atoms with Gasteiger partial charge >= 0.3 is 0 Å². The molecule has 2 aromatic heterocycles. The van der Waals surface area contributed by atoms with E-state index in [-0.39, 0.29) is 6.42 Å². The lowest BCUT2D eigenvalue weighted by Gasteiger charge is -2.03. The third-order valence-electron chi connectivity index (χ3n) is 2.28. The number of nitrogens with zero attached hydrogens (tertiary/aromatic N) is 3. The number of hydrogen-bond acceptors (Lipinski definition) is 4. The predicted octanol–water partition coefficient (Wildman–Crippen LogP) is 4.45. The van der Waals surface area contributed by atoms with Gasteiger partial charge < -0.3 is 0 Å². The molecule has 0 aliphatic heterocycles. The van der Waals surface area contributed by atoms with Crippen LogP contribution >= 0.6 is 23.4 Å². The second-order valence-corrected chi connectivity index (χ2v) is 5.16. The van der Waals surface area contributed by atoms with E-state index in [1.54, 1.807) is 30.6 Å². The number of thioether (sulfide) groups is 1. The molecule has 0 saturated heterocycles. The van der Waals surface area contributed by atoms with Gasteiger partial charge in [0, 0.05) is 18.1 Å². The predicted molar refractivity (Wildman–Crippen MR) is 75.9 cm³/mol. The van der Waals surface area contributed by atoms with Crippen LogP contribution in [0, 0.1) is 0 Å². The summed E-state index contributed by atoms with van der Waals surface area (Å²) in [6.45, 7) is 0. The molecule has 0 atom stereocenters. The molecule has 0 bridgehead atoms. The van der Waals surface area contributed by atoms with Gasteiger partial charge in [0.1, 0.15) is 5.69 Å². The second kappa shape index (κ2) is 7.31. The Bertz CT molecular complexity index is 618. The summed E-state index contributed by atoms with van der Waals surface area (Å²) in [5.41, 5.74) is 1.19. The highest BCUT2D eigenvalue weighted by Crippen LogP contribution is 2.25. The summed E-state index contributed by atoms with van der Waals surface area (Å²) < 4.78 is 23.8. The molecule has 0 aromatic carbocycles. The maximum Gasteiger partial charge on any atom is 0.266 e. The average molecular weight is 314 g/mol. The Balaban J connectivity index is 2.09. The van der Waals surface area contributed by atoms with Crippen molar-refractivity contribution in [2.75, 3.05) is 5.75 Å².